The summed E-state index contributed by atoms with van der Waals surface area (Å²) in [5.74, 6) is 0.433. The van der Waals surface area contributed by atoms with E-state index >= 15 is 0 Å². The lowest BCUT2D eigenvalue weighted by molar-refractivity contribution is -0.165. The van der Waals surface area contributed by atoms with E-state index in [1.807, 2.05) is 27.9 Å². The highest BCUT2D eigenvalue weighted by molar-refractivity contribution is 5.77. The summed E-state index contributed by atoms with van der Waals surface area (Å²) < 4.78 is 5.94. The minimum absolute atomic E-state index is 0.0133. The van der Waals surface area contributed by atoms with Crippen LogP contribution in [0.4, 0.5) is 0 Å². The SMILES string of the molecule is CCCCCCC(CCCC)C(C)OC(=O)C(C)(C)C(C)N(C)C. The number of carbonyl (C=O) groups excluding carboxylic acids is 1. The number of hydrogen-bond acceptors (Lipinski definition) is 3. The van der Waals surface area contributed by atoms with E-state index in [0.717, 1.165) is 0 Å². The van der Waals surface area contributed by atoms with Crippen molar-refractivity contribution in [3.63, 3.8) is 0 Å². The van der Waals surface area contributed by atoms with Gasteiger partial charge in [-0.1, -0.05) is 52.4 Å². The Balaban J connectivity index is 4.71. The van der Waals surface area contributed by atoms with Crippen LogP contribution in [0.5, 0.6) is 0 Å². The number of nitrogens with zero attached hydrogens (tertiary/aromatic N) is 1. The Morgan fingerprint density at radius 3 is 2.00 bits per heavy atom. The van der Waals surface area contributed by atoms with Gasteiger partial charge in [-0.25, -0.2) is 0 Å². The minimum Gasteiger partial charge on any atom is -0.462 e. The van der Waals surface area contributed by atoms with Crippen molar-refractivity contribution in [2.75, 3.05) is 14.1 Å². The maximum Gasteiger partial charge on any atom is 0.313 e. The average molecular weight is 342 g/mol. The van der Waals surface area contributed by atoms with Crippen LogP contribution in [0.2, 0.25) is 0 Å². The van der Waals surface area contributed by atoms with E-state index in [4.69, 9.17) is 4.74 Å². The van der Waals surface area contributed by atoms with Crippen LogP contribution >= 0.6 is 0 Å². The van der Waals surface area contributed by atoms with Gasteiger partial charge in [-0.05, 0) is 60.5 Å². The summed E-state index contributed by atoms with van der Waals surface area (Å²) in [7, 11) is 4.03. The zero-order valence-electron chi connectivity index (χ0n) is 17.7. The van der Waals surface area contributed by atoms with E-state index in [2.05, 4.69) is 32.6 Å². The first kappa shape index (κ1) is 23.4. The Kier molecular flexibility index (Phi) is 11.6. The predicted molar refractivity (Wildman–Crippen MR) is 104 cm³/mol. The van der Waals surface area contributed by atoms with E-state index in [1.54, 1.807) is 0 Å². The van der Waals surface area contributed by atoms with Crippen LogP contribution in [0.25, 0.3) is 0 Å². The van der Waals surface area contributed by atoms with Crippen LogP contribution in [0.1, 0.15) is 92.9 Å². The topological polar surface area (TPSA) is 29.5 Å². The van der Waals surface area contributed by atoms with Gasteiger partial charge >= 0.3 is 5.97 Å². The standard InChI is InChI=1S/C21H43NO2/c1-9-11-13-14-16-19(15-12-10-2)17(3)24-20(23)21(5,6)18(4)22(7)8/h17-19H,9-16H2,1-8H3. The molecule has 0 saturated heterocycles. The summed E-state index contributed by atoms with van der Waals surface area (Å²) in [5.41, 5.74) is -0.491. The predicted octanol–water partition coefficient (Wildman–Crippen LogP) is 5.67. The highest BCUT2D eigenvalue weighted by Gasteiger charge is 2.38. The normalized spacial score (nSPS) is 16.0. The monoisotopic (exact) mass is 341 g/mol. The number of unbranched alkanes of at least 4 members (excludes halogenated alkanes) is 4. The van der Waals surface area contributed by atoms with Gasteiger partial charge in [0.1, 0.15) is 6.10 Å². The molecule has 0 aliphatic rings. The van der Waals surface area contributed by atoms with Crippen LogP contribution < -0.4 is 0 Å². The molecule has 3 unspecified atom stereocenters. The Morgan fingerprint density at radius 2 is 1.50 bits per heavy atom. The lowest BCUT2D eigenvalue weighted by Crippen LogP contribution is -2.46. The molecule has 24 heavy (non-hydrogen) atoms. The number of esters is 1. The highest BCUT2D eigenvalue weighted by Crippen LogP contribution is 2.29. The van der Waals surface area contributed by atoms with Crippen molar-refractivity contribution in [2.24, 2.45) is 11.3 Å². The van der Waals surface area contributed by atoms with E-state index in [0.29, 0.717) is 5.92 Å². The summed E-state index contributed by atoms with van der Waals surface area (Å²) in [5, 5.41) is 0. The quantitative estimate of drug-likeness (QED) is 0.319. The van der Waals surface area contributed by atoms with Crippen molar-refractivity contribution < 1.29 is 9.53 Å². The third kappa shape index (κ3) is 8.00. The summed E-state index contributed by atoms with van der Waals surface area (Å²) in [6.07, 6.45) is 9.90. The molecule has 0 aromatic rings. The van der Waals surface area contributed by atoms with Gasteiger partial charge in [0.15, 0.2) is 0 Å². The number of rotatable bonds is 13. The van der Waals surface area contributed by atoms with Crippen LogP contribution in [0.15, 0.2) is 0 Å². The molecule has 3 nitrogen and oxygen atoms in total. The van der Waals surface area contributed by atoms with Gasteiger partial charge in [0, 0.05) is 6.04 Å². The first-order chi connectivity index (χ1) is 11.2. The zero-order valence-corrected chi connectivity index (χ0v) is 17.7. The minimum atomic E-state index is -0.491. The smallest absolute Gasteiger partial charge is 0.313 e. The number of carbonyl (C=O) groups is 1. The molecule has 3 atom stereocenters. The average Bonchev–Trinajstić information content (AvgIpc) is 2.52. The Bertz CT molecular complexity index is 339. The van der Waals surface area contributed by atoms with E-state index in [9.17, 15) is 4.79 Å². The molecule has 0 amide bonds. The molecular formula is C21H43NO2. The second kappa shape index (κ2) is 11.9. The molecule has 0 saturated carbocycles. The fraction of sp³-hybridized carbons (Fsp3) is 0.952. The van der Waals surface area contributed by atoms with Gasteiger partial charge < -0.3 is 9.64 Å². The van der Waals surface area contributed by atoms with Gasteiger partial charge in [0.25, 0.3) is 0 Å². The number of hydrogen-bond donors (Lipinski definition) is 0. The molecule has 0 radical (unpaired) electrons. The van der Waals surface area contributed by atoms with E-state index < -0.39 is 5.41 Å². The fourth-order valence-corrected chi connectivity index (χ4v) is 3.15. The molecule has 0 aliphatic heterocycles. The molecule has 144 valence electrons. The third-order valence-electron chi connectivity index (χ3n) is 5.66. The molecule has 0 fully saturated rings. The van der Waals surface area contributed by atoms with Crippen molar-refractivity contribution in [1.29, 1.82) is 0 Å². The summed E-state index contributed by atoms with van der Waals surface area (Å²) >= 11 is 0. The first-order valence-corrected chi connectivity index (χ1v) is 10.1. The van der Waals surface area contributed by atoms with Crippen LogP contribution in [0, 0.1) is 11.3 Å². The molecule has 0 aromatic carbocycles. The summed E-state index contributed by atoms with van der Waals surface area (Å²) in [4.78, 5) is 14.8. The molecule has 0 heterocycles. The number of ether oxygens (including phenoxy) is 1. The molecule has 0 N–H and O–H groups in total. The zero-order chi connectivity index (χ0) is 18.8. The van der Waals surface area contributed by atoms with Crippen molar-refractivity contribution in [2.45, 2.75) is 105 Å². The second-order valence-electron chi connectivity index (χ2n) is 8.22. The molecular weight excluding hydrogens is 298 g/mol. The largest absolute Gasteiger partial charge is 0.462 e. The Morgan fingerprint density at radius 1 is 0.958 bits per heavy atom. The van der Waals surface area contributed by atoms with Crippen molar-refractivity contribution in [3.05, 3.63) is 0 Å². The Labute approximate surface area is 151 Å². The third-order valence-corrected chi connectivity index (χ3v) is 5.66. The lowest BCUT2D eigenvalue weighted by Gasteiger charge is -2.36. The molecule has 3 heteroatoms. The molecule has 0 bridgehead atoms. The lowest BCUT2D eigenvalue weighted by atomic mass is 9.84. The van der Waals surface area contributed by atoms with Crippen LogP contribution in [-0.4, -0.2) is 37.1 Å². The maximum atomic E-state index is 12.7. The molecule has 0 aliphatic carbocycles. The van der Waals surface area contributed by atoms with E-state index in [-0.39, 0.29) is 18.1 Å². The van der Waals surface area contributed by atoms with Crippen molar-refractivity contribution in [3.8, 4) is 0 Å². The van der Waals surface area contributed by atoms with E-state index in [1.165, 1.54) is 51.4 Å². The first-order valence-electron chi connectivity index (χ1n) is 10.1. The molecule has 0 aromatic heterocycles. The summed E-state index contributed by atoms with van der Waals surface area (Å²) in [6.45, 7) is 12.6. The fourth-order valence-electron chi connectivity index (χ4n) is 3.15. The summed E-state index contributed by atoms with van der Waals surface area (Å²) in [6, 6.07) is 0.149. The Hall–Kier alpha value is -0.570. The van der Waals surface area contributed by atoms with Gasteiger partial charge in [0.2, 0.25) is 0 Å². The van der Waals surface area contributed by atoms with Gasteiger partial charge in [0.05, 0.1) is 5.41 Å². The van der Waals surface area contributed by atoms with Crippen LogP contribution in [-0.2, 0) is 9.53 Å². The van der Waals surface area contributed by atoms with Gasteiger partial charge in [-0.3, -0.25) is 4.79 Å². The molecule has 0 spiro atoms. The van der Waals surface area contributed by atoms with Crippen LogP contribution in [0.3, 0.4) is 0 Å². The molecule has 0 rings (SSSR count). The van der Waals surface area contributed by atoms with Gasteiger partial charge in [-0.15, -0.1) is 0 Å². The highest BCUT2D eigenvalue weighted by atomic mass is 16.5. The maximum absolute atomic E-state index is 12.7. The van der Waals surface area contributed by atoms with Gasteiger partial charge in [-0.2, -0.15) is 0 Å². The van der Waals surface area contributed by atoms with Crippen molar-refractivity contribution in [1.82, 2.24) is 4.90 Å². The van der Waals surface area contributed by atoms with Crippen molar-refractivity contribution >= 4 is 5.97 Å². The second-order valence-corrected chi connectivity index (χ2v) is 8.22.